The summed E-state index contributed by atoms with van der Waals surface area (Å²) in [6.45, 7) is 2.97. The molecule has 1 aromatic carbocycles. The molecule has 94 valence electrons. The monoisotopic (exact) mass is 246 g/mol. The van der Waals surface area contributed by atoms with Crippen molar-refractivity contribution in [1.29, 1.82) is 0 Å². The van der Waals surface area contributed by atoms with Crippen LogP contribution in [0.2, 0.25) is 0 Å². The van der Waals surface area contributed by atoms with Gasteiger partial charge in [0.05, 0.1) is 10.3 Å². The maximum atomic E-state index is 11.0. The molecule has 1 heterocycles. The summed E-state index contributed by atoms with van der Waals surface area (Å²) >= 11 is 0. The number of pyridine rings is 1. The normalized spacial score (nSPS) is 10.6. The summed E-state index contributed by atoms with van der Waals surface area (Å²) in [6, 6.07) is 5.02. The highest BCUT2D eigenvalue weighted by atomic mass is 16.6. The van der Waals surface area contributed by atoms with Crippen LogP contribution in [0.25, 0.3) is 10.8 Å². The molecule has 0 aliphatic carbocycles. The molecule has 0 bridgehead atoms. The molecular formula is C12H14N4O2. The van der Waals surface area contributed by atoms with E-state index in [2.05, 4.69) is 10.3 Å². The number of anilines is 1. The fourth-order valence-electron chi connectivity index (χ4n) is 1.85. The first kappa shape index (κ1) is 12.3. The summed E-state index contributed by atoms with van der Waals surface area (Å²) in [7, 11) is 0. The first-order chi connectivity index (χ1) is 8.63. The molecule has 0 saturated heterocycles. The van der Waals surface area contributed by atoms with Gasteiger partial charge in [-0.15, -0.1) is 0 Å². The number of aryl methyl sites for hydroxylation is 1. The molecule has 0 radical (unpaired) electrons. The van der Waals surface area contributed by atoms with Gasteiger partial charge in [-0.1, -0.05) is 0 Å². The lowest BCUT2D eigenvalue weighted by molar-refractivity contribution is -0.383. The molecule has 3 N–H and O–H groups in total. The summed E-state index contributed by atoms with van der Waals surface area (Å²) in [5.41, 5.74) is 7.17. The average molecular weight is 246 g/mol. The number of hydrogen-bond acceptors (Lipinski definition) is 5. The van der Waals surface area contributed by atoms with Crippen molar-refractivity contribution in [2.75, 3.05) is 18.4 Å². The van der Waals surface area contributed by atoms with E-state index in [1.165, 1.54) is 12.3 Å². The standard InChI is InChI=1S/C12H14N4O2/c1-8-6-9-10(7-15-8)12(16(17)18)3-2-11(9)14-5-4-13/h2-3,6-7,14H,4-5,13H2,1H3. The Morgan fingerprint density at radius 2 is 2.22 bits per heavy atom. The van der Waals surface area contributed by atoms with E-state index in [9.17, 15) is 10.1 Å². The second kappa shape index (κ2) is 4.97. The Balaban J connectivity index is 2.63. The first-order valence-corrected chi connectivity index (χ1v) is 5.61. The van der Waals surface area contributed by atoms with Gasteiger partial charge in [-0.05, 0) is 19.1 Å². The van der Waals surface area contributed by atoms with Crippen molar-refractivity contribution in [3.63, 3.8) is 0 Å². The van der Waals surface area contributed by atoms with Gasteiger partial charge < -0.3 is 11.1 Å². The summed E-state index contributed by atoms with van der Waals surface area (Å²) in [4.78, 5) is 14.7. The van der Waals surface area contributed by atoms with E-state index in [-0.39, 0.29) is 5.69 Å². The van der Waals surface area contributed by atoms with Crippen molar-refractivity contribution in [3.05, 3.63) is 40.2 Å². The van der Waals surface area contributed by atoms with E-state index in [0.717, 1.165) is 16.8 Å². The van der Waals surface area contributed by atoms with Gasteiger partial charge in [0, 0.05) is 42.1 Å². The van der Waals surface area contributed by atoms with E-state index in [1.54, 1.807) is 6.07 Å². The third kappa shape index (κ3) is 2.23. The van der Waals surface area contributed by atoms with Gasteiger partial charge in [-0.3, -0.25) is 15.1 Å². The van der Waals surface area contributed by atoms with Crippen molar-refractivity contribution in [3.8, 4) is 0 Å². The third-order valence-corrected chi connectivity index (χ3v) is 2.67. The van der Waals surface area contributed by atoms with Crippen molar-refractivity contribution in [2.45, 2.75) is 6.92 Å². The topological polar surface area (TPSA) is 94.1 Å². The molecule has 0 amide bonds. The van der Waals surface area contributed by atoms with Gasteiger partial charge in [-0.25, -0.2) is 0 Å². The fraction of sp³-hybridized carbons (Fsp3) is 0.250. The maximum Gasteiger partial charge on any atom is 0.278 e. The zero-order chi connectivity index (χ0) is 13.1. The highest BCUT2D eigenvalue weighted by Crippen LogP contribution is 2.31. The van der Waals surface area contributed by atoms with E-state index in [1.807, 2.05) is 13.0 Å². The molecule has 0 aliphatic rings. The minimum Gasteiger partial charge on any atom is -0.383 e. The molecule has 0 spiro atoms. The molecule has 0 fully saturated rings. The van der Waals surface area contributed by atoms with E-state index >= 15 is 0 Å². The van der Waals surface area contributed by atoms with Crippen molar-refractivity contribution in [2.24, 2.45) is 5.73 Å². The zero-order valence-electron chi connectivity index (χ0n) is 10.0. The predicted molar refractivity (Wildman–Crippen MR) is 70.7 cm³/mol. The summed E-state index contributed by atoms with van der Waals surface area (Å²) in [5.74, 6) is 0. The first-order valence-electron chi connectivity index (χ1n) is 5.61. The van der Waals surface area contributed by atoms with Gasteiger partial charge in [0.15, 0.2) is 0 Å². The largest absolute Gasteiger partial charge is 0.383 e. The Morgan fingerprint density at radius 1 is 1.44 bits per heavy atom. The Hall–Kier alpha value is -2.21. The summed E-state index contributed by atoms with van der Waals surface area (Å²) in [5, 5.41) is 15.4. The van der Waals surface area contributed by atoms with E-state index in [4.69, 9.17) is 5.73 Å². The summed E-state index contributed by atoms with van der Waals surface area (Å²) in [6.07, 6.45) is 1.54. The number of hydrogen-bond donors (Lipinski definition) is 2. The Labute approximate surface area is 104 Å². The molecule has 0 saturated carbocycles. The minimum absolute atomic E-state index is 0.0656. The number of rotatable bonds is 4. The van der Waals surface area contributed by atoms with E-state index in [0.29, 0.717) is 18.5 Å². The highest BCUT2D eigenvalue weighted by Gasteiger charge is 2.14. The molecule has 6 nitrogen and oxygen atoms in total. The van der Waals surface area contributed by atoms with Gasteiger partial charge in [0.2, 0.25) is 0 Å². The van der Waals surface area contributed by atoms with E-state index < -0.39 is 4.92 Å². The predicted octanol–water partition coefficient (Wildman–Crippen LogP) is 1.82. The van der Waals surface area contributed by atoms with Crippen LogP contribution in [0.3, 0.4) is 0 Å². The lowest BCUT2D eigenvalue weighted by Crippen LogP contribution is -2.13. The van der Waals surface area contributed by atoms with Gasteiger partial charge in [0.25, 0.3) is 5.69 Å². The molecule has 0 atom stereocenters. The summed E-state index contributed by atoms with van der Waals surface area (Å²) < 4.78 is 0. The Morgan fingerprint density at radius 3 is 2.89 bits per heavy atom. The van der Waals surface area contributed by atoms with Crippen LogP contribution in [0, 0.1) is 17.0 Å². The second-order valence-corrected chi connectivity index (χ2v) is 3.98. The molecule has 0 aliphatic heterocycles. The second-order valence-electron chi connectivity index (χ2n) is 3.98. The molecular weight excluding hydrogens is 232 g/mol. The third-order valence-electron chi connectivity index (χ3n) is 2.67. The minimum atomic E-state index is -0.397. The fourth-order valence-corrected chi connectivity index (χ4v) is 1.85. The van der Waals surface area contributed by atoms with Crippen molar-refractivity contribution >= 4 is 22.1 Å². The van der Waals surface area contributed by atoms with Gasteiger partial charge in [0.1, 0.15) is 0 Å². The SMILES string of the molecule is Cc1cc2c(NCCN)ccc([N+](=O)[O-])c2cn1. The Bertz CT molecular complexity index is 598. The highest BCUT2D eigenvalue weighted by molar-refractivity contribution is 5.99. The lowest BCUT2D eigenvalue weighted by Gasteiger charge is -2.09. The number of non-ortho nitro benzene ring substituents is 1. The number of nitrogens with one attached hydrogen (secondary N) is 1. The molecule has 6 heteroatoms. The number of nitrogens with zero attached hydrogens (tertiary/aromatic N) is 2. The van der Waals surface area contributed by atoms with Crippen LogP contribution >= 0.6 is 0 Å². The number of fused-ring (bicyclic) bond motifs is 1. The van der Waals surface area contributed by atoms with Crippen LogP contribution in [-0.2, 0) is 0 Å². The van der Waals surface area contributed by atoms with Crippen LogP contribution in [0.4, 0.5) is 11.4 Å². The lowest BCUT2D eigenvalue weighted by atomic mass is 10.1. The number of nitrogens with two attached hydrogens (primary N) is 1. The van der Waals surface area contributed by atoms with Gasteiger partial charge >= 0.3 is 0 Å². The van der Waals surface area contributed by atoms with Crippen LogP contribution in [-0.4, -0.2) is 23.0 Å². The molecule has 18 heavy (non-hydrogen) atoms. The maximum absolute atomic E-state index is 11.0. The average Bonchev–Trinajstić information content (AvgIpc) is 2.35. The number of nitro groups is 1. The molecule has 0 unspecified atom stereocenters. The molecule has 1 aromatic heterocycles. The van der Waals surface area contributed by atoms with Crippen LogP contribution in [0.1, 0.15) is 5.69 Å². The number of nitro benzene ring substituents is 1. The molecule has 2 rings (SSSR count). The van der Waals surface area contributed by atoms with Crippen molar-refractivity contribution in [1.82, 2.24) is 4.98 Å². The molecule has 2 aromatic rings. The van der Waals surface area contributed by atoms with Crippen molar-refractivity contribution < 1.29 is 4.92 Å². The quantitative estimate of drug-likeness (QED) is 0.634. The zero-order valence-corrected chi connectivity index (χ0v) is 10.0. The van der Waals surface area contributed by atoms with Crippen LogP contribution in [0.15, 0.2) is 24.4 Å². The van der Waals surface area contributed by atoms with Gasteiger partial charge in [-0.2, -0.15) is 0 Å². The Kier molecular flexibility index (Phi) is 3.38. The van der Waals surface area contributed by atoms with Crippen LogP contribution < -0.4 is 11.1 Å². The number of benzene rings is 1. The number of aromatic nitrogens is 1. The smallest absolute Gasteiger partial charge is 0.278 e. The van der Waals surface area contributed by atoms with Crippen LogP contribution in [0.5, 0.6) is 0 Å².